The molecule has 0 spiro atoms. The summed E-state index contributed by atoms with van der Waals surface area (Å²) < 4.78 is 0. The van der Waals surface area contributed by atoms with E-state index in [1.54, 1.807) is 0 Å². The Bertz CT molecular complexity index is 541. The number of hydrogen-bond acceptors (Lipinski definition) is 2. The van der Waals surface area contributed by atoms with Crippen LogP contribution in [0.1, 0.15) is 43.9 Å². The van der Waals surface area contributed by atoms with Crippen molar-refractivity contribution in [1.29, 1.82) is 0 Å². The minimum atomic E-state index is -0.859. The Labute approximate surface area is 125 Å². The van der Waals surface area contributed by atoms with Crippen molar-refractivity contribution in [3.05, 3.63) is 35.4 Å². The molecule has 1 amide bonds. The molecule has 0 radical (unpaired) electrons. The second-order valence-electron chi connectivity index (χ2n) is 6.27. The monoisotopic (exact) mass is 289 g/mol. The van der Waals surface area contributed by atoms with Crippen LogP contribution in [0.3, 0.4) is 0 Å². The van der Waals surface area contributed by atoms with Gasteiger partial charge in [-0.15, -0.1) is 0 Å². The third-order valence-corrected chi connectivity index (χ3v) is 4.35. The molecule has 1 saturated carbocycles. The third kappa shape index (κ3) is 3.63. The normalized spacial score (nSPS) is 26.3. The fourth-order valence-corrected chi connectivity index (χ4v) is 3.20. The van der Waals surface area contributed by atoms with E-state index in [1.807, 2.05) is 45.0 Å². The fourth-order valence-electron chi connectivity index (χ4n) is 3.20. The number of hydrogen-bond donors (Lipinski definition) is 2. The smallest absolute Gasteiger partial charge is 0.307 e. The molecule has 114 valence electrons. The van der Waals surface area contributed by atoms with Gasteiger partial charge >= 0.3 is 5.97 Å². The van der Waals surface area contributed by atoms with Crippen LogP contribution in [0.15, 0.2) is 24.3 Å². The van der Waals surface area contributed by atoms with E-state index in [2.05, 4.69) is 5.32 Å². The van der Waals surface area contributed by atoms with Crippen LogP contribution in [0.5, 0.6) is 0 Å². The molecule has 3 unspecified atom stereocenters. The molecule has 1 aromatic rings. The van der Waals surface area contributed by atoms with Crippen LogP contribution in [0, 0.1) is 24.7 Å². The van der Waals surface area contributed by atoms with Crippen LogP contribution in [0.4, 0.5) is 0 Å². The van der Waals surface area contributed by atoms with Gasteiger partial charge in [0.05, 0.1) is 17.9 Å². The molecule has 1 aliphatic carbocycles. The highest BCUT2D eigenvalue weighted by molar-refractivity contribution is 5.85. The Hall–Kier alpha value is -1.84. The fraction of sp³-hybridized carbons (Fsp3) is 0.529. The molecule has 4 atom stereocenters. The summed E-state index contributed by atoms with van der Waals surface area (Å²) in [4.78, 5) is 23.7. The van der Waals surface area contributed by atoms with Crippen LogP contribution < -0.4 is 5.32 Å². The van der Waals surface area contributed by atoms with Crippen molar-refractivity contribution in [2.45, 2.75) is 39.7 Å². The molecule has 2 rings (SSSR count). The largest absolute Gasteiger partial charge is 0.481 e. The predicted molar refractivity (Wildman–Crippen MR) is 80.8 cm³/mol. The standard InChI is InChI=1S/C17H23NO3/c1-10-5-4-6-13(7-10)12(3)18-16(19)14-8-11(2)9-15(14)17(20)21/h4-7,11-12,14-15H,8-9H2,1-3H3,(H,18,19)(H,20,21)/t11?,12-,14?,15?/m1/s1. The number of carbonyl (C=O) groups excluding carboxylic acids is 1. The molecule has 0 heterocycles. The van der Waals surface area contributed by atoms with Gasteiger partial charge in [0.1, 0.15) is 0 Å². The highest BCUT2D eigenvalue weighted by Gasteiger charge is 2.41. The minimum Gasteiger partial charge on any atom is -0.481 e. The zero-order valence-electron chi connectivity index (χ0n) is 12.8. The predicted octanol–water partition coefficient (Wildman–Crippen LogP) is 2.92. The van der Waals surface area contributed by atoms with Gasteiger partial charge in [-0.05, 0) is 38.2 Å². The molecule has 4 nitrogen and oxygen atoms in total. The molecular weight excluding hydrogens is 266 g/mol. The van der Waals surface area contributed by atoms with Gasteiger partial charge < -0.3 is 10.4 Å². The summed E-state index contributed by atoms with van der Waals surface area (Å²) in [5.41, 5.74) is 2.19. The molecule has 0 bridgehead atoms. The molecule has 0 aromatic heterocycles. The van der Waals surface area contributed by atoms with Gasteiger partial charge in [-0.25, -0.2) is 0 Å². The second-order valence-corrected chi connectivity index (χ2v) is 6.27. The second kappa shape index (κ2) is 6.29. The lowest BCUT2D eigenvalue weighted by molar-refractivity contribution is -0.146. The number of benzene rings is 1. The molecule has 2 N–H and O–H groups in total. The van der Waals surface area contributed by atoms with E-state index < -0.39 is 17.8 Å². The van der Waals surface area contributed by atoms with Gasteiger partial charge in [0.15, 0.2) is 0 Å². The van der Waals surface area contributed by atoms with Crippen molar-refractivity contribution in [3.63, 3.8) is 0 Å². The first-order valence-electron chi connectivity index (χ1n) is 7.48. The van der Waals surface area contributed by atoms with E-state index in [4.69, 9.17) is 0 Å². The van der Waals surface area contributed by atoms with Crippen molar-refractivity contribution < 1.29 is 14.7 Å². The summed E-state index contributed by atoms with van der Waals surface area (Å²) in [5, 5.41) is 12.2. The summed E-state index contributed by atoms with van der Waals surface area (Å²) in [7, 11) is 0. The average Bonchev–Trinajstić information content (AvgIpc) is 2.81. The molecule has 0 aliphatic heterocycles. The maximum absolute atomic E-state index is 12.4. The van der Waals surface area contributed by atoms with Gasteiger partial charge in [0.25, 0.3) is 0 Å². The SMILES string of the molecule is Cc1cccc([C@@H](C)NC(=O)C2CC(C)CC2C(=O)O)c1. The van der Waals surface area contributed by atoms with Crippen molar-refractivity contribution in [3.8, 4) is 0 Å². The summed E-state index contributed by atoms with van der Waals surface area (Å²) in [5.74, 6) is -1.67. The van der Waals surface area contributed by atoms with E-state index in [9.17, 15) is 14.7 Å². The number of nitrogens with one attached hydrogen (secondary N) is 1. The first-order valence-corrected chi connectivity index (χ1v) is 7.48. The van der Waals surface area contributed by atoms with Crippen molar-refractivity contribution in [2.24, 2.45) is 17.8 Å². The minimum absolute atomic E-state index is 0.109. The number of rotatable bonds is 4. The Morgan fingerprint density at radius 3 is 2.57 bits per heavy atom. The maximum Gasteiger partial charge on any atom is 0.307 e. The molecule has 1 fully saturated rings. The van der Waals surface area contributed by atoms with Crippen LogP contribution in [0.2, 0.25) is 0 Å². The van der Waals surface area contributed by atoms with Crippen LogP contribution in [-0.2, 0) is 9.59 Å². The molecular formula is C17H23NO3. The van der Waals surface area contributed by atoms with Crippen molar-refractivity contribution in [1.82, 2.24) is 5.32 Å². The van der Waals surface area contributed by atoms with Gasteiger partial charge in [0.2, 0.25) is 5.91 Å². The zero-order chi connectivity index (χ0) is 15.6. The maximum atomic E-state index is 12.4. The lowest BCUT2D eigenvalue weighted by Crippen LogP contribution is -2.36. The quantitative estimate of drug-likeness (QED) is 0.895. The van der Waals surface area contributed by atoms with E-state index in [-0.39, 0.29) is 17.9 Å². The lowest BCUT2D eigenvalue weighted by atomic mass is 9.94. The molecule has 1 aromatic carbocycles. The molecule has 21 heavy (non-hydrogen) atoms. The van der Waals surface area contributed by atoms with Crippen LogP contribution in [0.25, 0.3) is 0 Å². The summed E-state index contributed by atoms with van der Waals surface area (Å²) in [6, 6.07) is 7.88. The van der Waals surface area contributed by atoms with E-state index >= 15 is 0 Å². The van der Waals surface area contributed by atoms with Crippen molar-refractivity contribution in [2.75, 3.05) is 0 Å². The van der Waals surface area contributed by atoms with Gasteiger partial charge in [-0.2, -0.15) is 0 Å². The Balaban J connectivity index is 2.05. The molecule has 4 heteroatoms. The summed E-state index contributed by atoms with van der Waals surface area (Å²) in [6.07, 6.45) is 1.25. The Morgan fingerprint density at radius 2 is 1.95 bits per heavy atom. The summed E-state index contributed by atoms with van der Waals surface area (Å²) in [6.45, 7) is 5.95. The van der Waals surface area contributed by atoms with Crippen molar-refractivity contribution >= 4 is 11.9 Å². The molecule has 0 saturated heterocycles. The van der Waals surface area contributed by atoms with E-state index in [0.717, 1.165) is 11.1 Å². The topological polar surface area (TPSA) is 66.4 Å². The van der Waals surface area contributed by atoms with Gasteiger partial charge in [0, 0.05) is 0 Å². The number of carboxylic acids is 1. The summed E-state index contributed by atoms with van der Waals surface area (Å²) >= 11 is 0. The number of aliphatic carboxylic acids is 1. The molecule has 1 aliphatic rings. The Morgan fingerprint density at radius 1 is 1.29 bits per heavy atom. The van der Waals surface area contributed by atoms with E-state index in [1.165, 1.54) is 0 Å². The third-order valence-electron chi connectivity index (χ3n) is 4.35. The first kappa shape index (κ1) is 15.5. The highest BCUT2D eigenvalue weighted by Crippen LogP contribution is 2.36. The van der Waals surface area contributed by atoms with Crippen LogP contribution in [-0.4, -0.2) is 17.0 Å². The Kier molecular flexibility index (Phi) is 4.66. The van der Waals surface area contributed by atoms with Gasteiger partial charge in [-0.1, -0.05) is 36.8 Å². The number of carbonyl (C=O) groups is 2. The van der Waals surface area contributed by atoms with Crippen LogP contribution >= 0.6 is 0 Å². The highest BCUT2D eigenvalue weighted by atomic mass is 16.4. The number of aryl methyl sites for hydroxylation is 1. The lowest BCUT2D eigenvalue weighted by Gasteiger charge is -2.20. The van der Waals surface area contributed by atoms with Gasteiger partial charge in [-0.3, -0.25) is 9.59 Å². The zero-order valence-corrected chi connectivity index (χ0v) is 12.8. The number of carboxylic acid groups (broad SMARTS) is 1. The average molecular weight is 289 g/mol. The van der Waals surface area contributed by atoms with E-state index in [0.29, 0.717) is 12.8 Å². The first-order chi connectivity index (χ1) is 9.88. The number of amides is 1.